The van der Waals surface area contributed by atoms with Crippen molar-refractivity contribution in [3.8, 4) is 0 Å². The molecule has 1 heterocycles. The van der Waals surface area contributed by atoms with Crippen LogP contribution in [0, 0.1) is 5.41 Å². The summed E-state index contributed by atoms with van der Waals surface area (Å²) in [4.78, 5) is 0. The van der Waals surface area contributed by atoms with E-state index in [1.807, 2.05) is 0 Å². The van der Waals surface area contributed by atoms with Crippen molar-refractivity contribution in [3.05, 3.63) is 23.7 Å². The molecule has 0 aliphatic carbocycles. The molecule has 0 spiro atoms. The minimum absolute atomic E-state index is 0.322. The molecule has 0 N–H and O–H groups in total. The Bertz CT molecular complexity index is 240. The van der Waals surface area contributed by atoms with Crippen LogP contribution in [0.2, 0.25) is 0 Å². The first kappa shape index (κ1) is 9.37. The van der Waals surface area contributed by atoms with Crippen LogP contribution in [0.1, 0.15) is 39.2 Å². The van der Waals surface area contributed by atoms with E-state index in [1.165, 1.54) is 0 Å². The van der Waals surface area contributed by atoms with Crippen LogP contribution in [0.15, 0.2) is 16.5 Å². The van der Waals surface area contributed by atoms with Crippen LogP contribution in [-0.2, 0) is 12.8 Å². The van der Waals surface area contributed by atoms with Gasteiger partial charge in [0.25, 0.3) is 0 Å². The molecule has 0 bridgehead atoms. The Morgan fingerprint density at radius 3 is 2.17 bits per heavy atom. The lowest BCUT2D eigenvalue weighted by Gasteiger charge is -2.15. The number of furan rings is 1. The normalized spacial score (nSPS) is 12.0. The largest absolute Gasteiger partial charge is 0.466 e. The first-order chi connectivity index (χ1) is 5.51. The fraction of sp³-hybridized carbons (Fsp3) is 0.636. The highest BCUT2D eigenvalue weighted by atomic mass is 16.3. The van der Waals surface area contributed by atoms with Crippen molar-refractivity contribution in [3.63, 3.8) is 0 Å². The molecule has 0 aromatic carbocycles. The summed E-state index contributed by atoms with van der Waals surface area (Å²) in [7, 11) is 0. The minimum Gasteiger partial charge on any atom is -0.466 e. The van der Waals surface area contributed by atoms with Crippen LogP contribution in [-0.4, -0.2) is 0 Å². The Hall–Kier alpha value is -0.720. The molecule has 0 unspecified atom stereocenters. The Morgan fingerprint density at radius 1 is 1.17 bits per heavy atom. The van der Waals surface area contributed by atoms with Gasteiger partial charge >= 0.3 is 0 Å². The smallest absolute Gasteiger partial charge is 0.104 e. The fourth-order valence-corrected chi connectivity index (χ4v) is 1.23. The molecule has 0 fully saturated rings. The summed E-state index contributed by atoms with van der Waals surface area (Å²) >= 11 is 0. The summed E-state index contributed by atoms with van der Waals surface area (Å²) in [5.74, 6) is 2.20. The van der Waals surface area contributed by atoms with E-state index in [0.717, 1.165) is 24.4 Å². The minimum atomic E-state index is 0.322. The number of rotatable bonds is 2. The number of hydrogen-bond donors (Lipinski definition) is 0. The maximum Gasteiger partial charge on any atom is 0.104 e. The summed E-state index contributed by atoms with van der Waals surface area (Å²) in [5.41, 5.74) is 0.322. The van der Waals surface area contributed by atoms with Gasteiger partial charge in [0.15, 0.2) is 0 Å². The predicted molar refractivity (Wildman–Crippen MR) is 51.2 cm³/mol. The van der Waals surface area contributed by atoms with Crippen molar-refractivity contribution in [2.45, 2.75) is 40.5 Å². The van der Waals surface area contributed by atoms with Crippen molar-refractivity contribution in [1.82, 2.24) is 0 Å². The molecule has 1 aromatic rings. The Balaban J connectivity index is 2.64. The van der Waals surface area contributed by atoms with Crippen LogP contribution in [0.25, 0.3) is 0 Å². The van der Waals surface area contributed by atoms with Gasteiger partial charge in [0.1, 0.15) is 11.5 Å². The van der Waals surface area contributed by atoms with E-state index in [-0.39, 0.29) is 0 Å². The topological polar surface area (TPSA) is 13.1 Å². The van der Waals surface area contributed by atoms with Crippen LogP contribution in [0.4, 0.5) is 0 Å². The number of hydrogen-bond acceptors (Lipinski definition) is 1. The van der Waals surface area contributed by atoms with Crippen molar-refractivity contribution < 1.29 is 4.42 Å². The second-order valence-electron chi connectivity index (χ2n) is 4.46. The van der Waals surface area contributed by atoms with E-state index in [9.17, 15) is 0 Å². The van der Waals surface area contributed by atoms with E-state index in [4.69, 9.17) is 4.42 Å². The van der Waals surface area contributed by atoms with Gasteiger partial charge in [-0.1, -0.05) is 27.7 Å². The first-order valence-corrected chi connectivity index (χ1v) is 4.59. The molecule has 1 rings (SSSR count). The first-order valence-electron chi connectivity index (χ1n) is 4.59. The van der Waals surface area contributed by atoms with Crippen LogP contribution in [0.3, 0.4) is 0 Å². The van der Waals surface area contributed by atoms with E-state index in [1.54, 1.807) is 0 Å². The maximum atomic E-state index is 5.61. The quantitative estimate of drug-likeness (QED) is 0.656. The fourth-order valence-electron chi connectivity index (χ4n) is 1.23. The summed E-state index contributed by atoms with van der Waals surface area (Å²) in [6, 6.07) is 4.16. The Morgan fingerprint density at radius 2 is 1.75 bits per heavy atom. The third-order valence-corrected chi connectivity index (χ3v) is 1.77. The SMILES string of the molecule is CCc1ccc(CC(C)(C)C)o1. The zero-order valence-electron chi connectivity index (χ0n) is 8.48. The molecule has 0 radical (unpaired) electrons. The standard InChI is InChI=1S/C11H18O/c1-5-9-6-7-10(12-9)8-11(2,3)4/h6-7H,5,8H2,1-4H3. The molecule has 0 amide bonds. The second-order valence-corrected chi connectivity index (χ2v) is 4.46. The summed E-state index contributed by atoms with van der Waals surface area (Å²) in [6.45, 7) is 8.78. The Labute approximate surface area is 74.8 Å². The molecule has 68 valence electrons. The molecule has 1 aromatic heterocycles. The second kappa shape index (κ2) is 3.34. The molecule has 12 heavy (non-hydrogen) atoms. The van der Waals surface area contributed by atoms with Crippen molar-refractivity contribution in [1.29, 1.82) is 0 Å². The lowest BCUT2D eigenvalue weighted by Crippen LogP contribution is -2.08. The van der Waals surface area contributed by atoms with Gasteiger partial charge in [0.05, 0.1) is 0 Å². The van der Waals surface area contributed by atoms with Gasteiger partial charge in [-0.2, -0.15) is 0 Å². The van der Waals surface area contributed by atoms with Gasteiger partial charge in [-0.05, 0) is 17.5 Å². The van der Waals surface area contributed by atoms with Crippen LogP contribution >= 0.6 is 0 Å². The van der Waals surface area contributed by atoms with Gasteiger partial charge in [0.2, 0.25) is 0 Å². The van der Waals surface area contributed by atoms with E-state index >= 15 is 0 Å². The summed E-state index contributed by atoms with van der Waals surface area (Å²) < 4.78 is 5.61. The Kier molecular flexibility index (Phi) is 2.61. The van der Waals surface area contributed by atoms with E-state index in [0.29, 0.717) is 5.41 Å². The monoisotopic (exact) mass is 166 g/mol. The highest BCUT2D eigenvalue weighted by Gasteiger charge is 2.13. The third kappa shape index (κ3) is 2.72. The van der Waals surface area contributed by atoms with Crippen molar-refractivity contribution >= 4 is 0 Å². The molecule has 0 atom stereocenters. The lowest BCUT2D eigenvalue weighted by molar-refractivity contribution is 0.354. The molecule has 0 aliphatic heterocycles. The molecule has 1 nitrogen and oxygen atoms in total. The zero-order chi connectivity index (χ0) is 9.19. The lowest BCUT2D eigenvalue weighted by atomic mass is 9.91. The average Bonchev–Trinajstić information content (AvgIpc) is 2.32. The van der Waals surface area contributed by atoms with Gasteiger partial charge in [-0.15, -0.1) is 0 Å². The summed E-state index contributed by atoms with van der Waals surface area (Å²) in [6.07, 6.45) is 2.01. The van der Waals surface area contributed by atoms with Crippen LogP contribution in [0.5, 0.6) is 0 Å². The van der Waals surface area contributed by atoms with Gasteiger partial charge in [-0.3, -0.25) is 0 Å². The highest BCUT2D eigenvalue weighted by molar-refractivity contribution is 5.08. The molecular weight excluding hydrogens is 148 g/mol. The van der Waals surface area contributed by atoms with E-state index < -0.39 is 0 Å². The maximum absolute atomic E-state index is 5.61. The van der Waals surface area contributed by atoms with Gasteiger partial charge < -0.3 is 4.42 Å². The summed E-state index contributed by atoms with van der Waals surface area (Å²) in [5, 5.41) is 0. The predicted octanol–water partition coefficient (Wildman–Crippen LogP) is 3.43. The third-order valence-electron chi connectivity index (χ3n) is 1.77. The highest BCUT2D eigenvalue weighted by Crippen LogP contribution is 2.21. The molecular formula is C11H18O. The van der Waals surface area contributed by atoms with Gasteiger partial charge in [0, 0.05) is 12.8 Å². The average molecular weight is 166 g/mol. The zero-order valence-corrected chi connectivity index (χ0v) is 8.48. The molecule has 0 saturated carbocycles. The van der Waals surface area contributed by atoms with Crippen LogP contribution < -0.4 is 0 Å². The number of aryl methyl sites for hydroxylation is 1. The molecule has 1 heteroatoms. The molecule has 0 aliphatic rings. The van der Waals surface area contributed by atoms with Crippen molar-refractivity contribution in [2.75, 3.05) is 0 Å². The molecule has 0 saturated heterocycles. The van der Waals surface area contributed by atoms with Crippen molar-refractivity contribution in [2.24, 2.45) is 5.41 Å². The van der Waals surface area contributed by atoms with E-state index in [2.05, 4.69) is 39.8 Å². The van der Waals surface area contributed by atoms with Gasteiger partial charge in [-0.25, -0.2) is 0 Å².